The van der Waals surface area contributed by atoms with E-state index >= 15 is 0 Å². The van der Waals surface area contributed by atoms with Crippen LogP contribution >= 0.6 is 11.6 Å². The molecule has 0 saturated carbocycles. The summed E-state index contributed by atoms with van der Waals surface area (Å²) in [5.74, 6) is 1.55. The zero-order valence-corrected chi connectivity index (χ0v) is 4.25. The van der Waals surface area contributed by atoms with Crippen molar-refractivity contribution in [2.75, 3.05) is 0 Å². The van der Waals surface area contributed by atoms with Crippen LogP contribution in [-0.2, 0) is 4.79 Å². The summed E-state index contributed by atoms with van der Waals surface area (Å²) in [6, 6.07) is 0. The molecule has 0 aromatic carbocycles. The largest absolute Gasteiger partial charge is 0.232 e. The second kappa shape index (κ2) is 2.95. The quantitative estimate of drug-likeness (QED) is 0.459. The van der Waals surface area contributed by atoms with Gasteiger partial charge in [0, 0.05) is 0 Å². The minimum atomic E-state index is 0.259. The van der Waals surface area contributed by atoms with Crippen molar-refractivity contribution in [1.82, 2.24) is 0 Å². The van der Waals surface area contributed by atoms with Crippen molar-refractivity contribution < 1.29 is 4.79 Å². The maximum atomic E-state index is 9.44. The summed E-state index contributed by atoms with van der Waals surface area (Å²) in [4.78, 5) is 9.44. The van der Waals surface area contributed by atoms with Gasteiger partial charge in [0.2, 0.25) is 0 Å². The molecule has 0 aliphatic heterocycles. The Morgan fingerprint density at radius 2 is 2.50 bits per heavy atom. The molecule has 0 fully saturated rings. The van der Waals surface area contributed by atoms with Gasteiger partial charge in [-0.15, -0.1) is 0 Å². The van der Waals surface area contributed by atoms with Gasteiger partial charge in [-0.3, -0.25) is 0 Å². The summed E-state index contributed by atoms with van der Waals surface area (Å²) in [5, 5.41) is 0.259. The highest BCUT2D eigenvalue weighted by Gasteiger charge is 1.79. The summed E-state index contributed by atoms with van der Waals surface area (Å²) in [6.45, 7) is 1.80. The number of carbonyl (C=O) groups excluding carboxylic acids is 1. The molecule has 1 nitrogen and oxygen atoms in total. The molecule has 0 unspecified atom stereocenters. The number of allylic oxidation sites excluding steroid dienone is 1. The first-order valence-electron chi connectivity index (χ1n) is 1.70. The Morgan fingerprint density at radius 3 is 2.50 bits per heavy atom. The molecular weight excluding hydrogens is 99.5 g/mol. The normalized spacial score (nSPS) is 7.00. The lowest BCUT2D eigenvalue weighted by molar-refractivity contribution is 0.567. The van der Waals surface area contributed by atoms with Gasteiger partial charge in [-0.05, 0) is 6.42 Å². The van der Waals surface area contributed by atoms with Crippen LogP contribution in [-0.4, -0.2) is 5.94 Å². The Labute approximate surface area is 41.6 Å². The van der Waals surface area contributed by atoms with Crippen LogP contribution in [0.25, 0.3) is 0 Å². The summed E-state index contributed by atoms with van der Waals surface area (Å²) in [6.07, 6.45) is 0.588. The first-order chi connectivity index (χ1) is 2.81. The van der Waals surface area contributed by atoms with Gasteiger partial charge in [0.05, 0.1) is 0 Å². The number of hydrogen-bond donors (Lipinski definition) is 0. The molecule has 2 heteroatoms. The fraction of sp³-hybridized carbons (Fsp3) is 0.500. The average molecular weight is 105 g/mol. The molecular formula is C4H5ClO. The highest BCUT2D eigenvalue weighted by atomic mass is 35.5. The van der Waals surface area contributed by atoms with E-state index in [1.165, 1.54) is 0 Å². The first-order valence-corrected chi connectivity index (χ1v) is 2.08. The van der Waals surface area contributed by atoms with Gasteiger partial charge in [-0.2, -0.15) is 0 Å². The molecule has 34 valence electrons. The highest BCUT2D eigenvalue weighted by Crippen LogP contribution is 1.97. The van der Waals surface area contributed by atoms with Crippen molar-refractivity contribution >= 4 is 17.5 Å². The van der Waals surface area contributed by atoms with Crippen molar-refractivity contribution in [3.63, 3.8) is 0 Å². The molecule has 0 atom stereocenters. The SMILES string of the molecule is CCC(Cl)=C=O. The molecule has 0 saturated heterocycles. The molecule has 0 amide bonds. The van der Waals surface area contributed by atoms with Crippen LogP contribution in [0.3, 0.4) is 0 Å². The van der Waals surface area contributed by atoms with E-state index in [4.69, 9.17) is 11.6 Å². The summed E-state index contributed by atoms with van der Waals surface area (Å²) < 4.78 is 0. The van der Waals surface area contributed by atoms with Crippen LogP contribution in [0.5, 0.6) is 0 Å². The fourth-order valence-electron chi connectivity index (χ4n) is 0.0722. The van der Waals surface area contributed by atoms with Crippen molar-refractivity contribution in [3.05, 3.63) is 5.03 Å². The predicted octanol–water partition coefficient (Wildman–Crippen LogP) is 1.35. The molecule has 0 spiro atoms. The second-order valence-electron chi connectivity index (χ2n) is 0.861. The highest BCUT2D eigenvalue weighted by molar-refractivity contribution is 6.32. The van der Waals surface area contributed by atoms with E-state index in [9.17, 15) is 4.79 Å². The lowest BCUT2D eigenvalue weighted by Crippen LogP contribution is -1.61. The molecule has 0 heterocycles. The van der Waals surface area contributed by atoms with E-state index in [0.717, 1.165) is 0 Å². The Bertz CT molecular complexity index is 81.5. The monoisotopic (exact) mass is 104 g/mol. The third-order valence-electron chi connectivity index (χ3n) is 0.421. The Morgan fingerprint density at radius 1 is 2.00 bits per heavy atom. The van der Waals surface area contributed by atoms with E-state index in [0.29, 0.717) is 6.42 Å². The summed E-state index contributed by atoms with van der Waals surface area (Å²) in [7, 11) is 0. The van der Waals surface area contributed by atoms with Crippen LogP contribution in [0, 0.1) is 0 Å². The lowest BCUT2D eigenvalue weighted by atomic mass is 10.5. The van der Waals surface area contributed by atoms with Gasteiger partial charge < -0.3 is 0 Å². The summed E-state index contributed by atoms with van der Waals surface area (Å²) in [5.41, 5.74) is 0. The number of rotatable bonds is 1. The molecule has 0 aromatic heterocycles. The van der Waals surface area contributed by atoms with E-state index in [-0.39, 0.29) is 5.03 Å². The van der Waals surface area contributed by atoms with E-state index in [2.05, 4.69) is 0 Å². The summed E-state index contributed by atoms with van der Waals surface area (Å²) >= 11 is 5.14. The van der Waals surface area contributed by atoms with Gasteiger partial charge >= 0.3 is 0 Å². The van der Waals surface area contributed by atoms with E-state index in [1.807, 2.05) is 0 Å². The Balaban J connectivity index is 3.52. The lowest BCUT2D eigenvalue weighted by Gasteiger charge is -1.73. The van der Waals surface area contributed by atoms with Crippen LogP contribution in [0.15, 0.2) is 5.03 Å². The standard InChI is InChI=1S/C4H5ClO/c1-2-4(5)3-6/h2H2,1H3. The van der Waals surface area contributed by atoms with Crippen LogP contribution in [0.4, 0.5) is 0 Å². The minimum absolute atomic E-state index is 0.259. The molecule has 0 aromatic rings. The minimum Gasteiger partial charge on any atom is -0.232 e. The third kappa shape index (κ3) is 2.01. The van der Waals surface area contributed by atoms with Crippen molar-refractivity contribution in [1.29, 1.82) is 0 Å². The molecule has 0 radical (unpaired) electrons. The molecule has 0 aliphatic carbocycles. The average Bonchev–Trinajstić information content (AvgIpc) is 1.65. The number of halogens is 1. The van der Waals surface area contributed by atoms with Crippen LogP contribution < -0.4 is 0 Å². The smallest absolute Gasteiger partial charge is 0.140 e. The molecule has 0 bridgehead atoms. The topological polar surface area (TPSA) is 17.1 Å². The maximum Gasteiger partial charge on any atom is 0.140 e. The number of hydrogen-bond acceptors (Lipinski definition) is 1. The van der Waals surface area contributed by atoms with Crippen molar-refractivity contribution in [3.8, 4) is 0 Å². The zero-order valence-electron chi connectivity index (χ0n) is 3.49. The van der Waals surface area contributed by atoms with Gasteiger partial charge in [0.25, 0.3) is 0 Å². The Hall–Kier alpha value is -0.260. The van der Waals surface area contributed by atoms with Gasteiger partial charge in [-0.1, -0.05) is 18.5 Å². The second-order valence-corrected chi connectivity index (χ2v) is 1.32. The fourth-order valence-corrected chi connectivity index (χ4v) is 0.0722. The van der Waals surface area contributed by atoms with Crippen molar-refractivity contribution in [2.45, 2.75) is 13.3 Å². The van der Waals surface area contributed by atoms with Gasteiger partial charge in [0.1, 0.15) is 11.0 Å². The van der Waals surface area contributed by atoms with E-state index in [1.54, 1.807) is 12.9 Å². The van der Waals surface area contributed by atoms with Crippen molar-refractivity contribution in [2.24, 2.45) is 0 Å². The van der Waals surface area contributed by atoms with Gasteiger partial charge in [0.15, 0.2) is 0 Å². The molecule has 0 rings (SSSR count). The van der Waals surface area contributed by atoms with E-state index < -0.39 is 0 Å². The Kier molecular flexibility index (Phi) is 2.82. The molecule has 0 aliphatic rings. The molecule has 0 N–H and O–H groups in total. The first kappa shape index (κ1) is 5.74. The van der Waals surface area contributed by atoms with Gasteiger partial charge in [-0.25, -0.2) is 4.79 Å². The third-order valence-corrected chi connectivity index (χ3v) is 0.766. The zero-order chi connectivity index (χ0) is 4.99. The maximum absolute atomic E-state index is 9.44. The van der Waals surface area contributed by atoms with Crippen LogP contribution in [0.2, 0.25) is 0 Å². The van der Waals surface area contributed by atoms with Crippen LogP contribution in [0.1, 0.15) is 13.3 Å². The molecule has 6 heavy (non-hydrogen) atoms. The predicted molar refractivity (Wildman–Crippen MR) is 25.4 cm³/mol.